The molecule has 1 rings (SSSR count). The van der Waals surface area contributed by atoms with Crippen molar-refractivity contribution in [2.75, 3.05) is 20.3 Å². The van der Waals surface area contributed by atoms with Gasteiger partial charge in [-0.25, -0.2) is 0 Å². The Morgan fingerprint density at radius 1 is 1.36 bits per heavy atom. The van der Waals surface area contributed by atoms with Crippen molar-refractivity contribution in [3.63, 3.8) is 0 Å². The molecule has 0 saturated carbocycles. The van der Waals surface area contributed by atoms with E-state index in [1.54, 1.807) is 26.2 Å². The van der Waals surface area contributed by atoms with Crippen LogP contribution in [-0.4, -0.2) is 43.3 Å². The molecule has 22 heavy (non-hydrogen) atoms. The number of carbonyl (C=O) groups excluding carboxylic acids is 1. The molecule has 1 atom stereocenters. The van der Waals surface area contributed by atoms with E-state index in [0.717, 1.165) is 0 Å². The first kappa shape index (κ1) is 18.3. The molecule has 0 saturated heterocycles. The van der Waals surface area contributed by atoms with Gasteiger partial charge in [0.2, 0.25) is 0 Å². The Balaban J connectivity index is 2.73. The smallest absolute Gasteiger partial charge is 0.303 e. The molecule has 0 radical (unpaired) electrons. The number of aliphatic carboxylic acids is 1. The molecular weight excluding hydrogens is 310 g/mol. The molecule has 0 aromatic heterocycles. The SMILES string of the molecule is COCCOc1ccc(Cl)cc1C(=O)NC(C)CCC(=O)O. The quantitative estimate of drug-likeness (QED) is 0.679. The van der Waals surface area contributed by atoms with Gasteiger partial charge in [0, 0.05) is 24.6 Å². The van der Waals surface area contributed by atoms with Gasteiger partial charge >= 0.3 is 5.97 Å². The number of nitrogens with one attached hydrogen (secondary N) is 1. The fraction of sp³-hybridized carbons (Fsp3) is 0.467. The van der Waals surface area contributed by atoms with Crippen LogP contribution in [-0.2, 0) is 9.53 Å². The number of carboxylic acid groups (broad SMARTS) is 1. The van der Waals surface area contributed by atoms with E-state index < -0.39 is 5.97 Å². The zero-order valence-corrected chi connectivity index (χ0v) is 13.4. The third-order valence-corrected chi connectivity index (χ3v) is 3.14. The molecule has 0 bridgehead atoms. The van der Waals surface area contributed by atoms with Gasteiger partial charge in [0.05, 0.1) is 12.2 Å². The maximum Gasteiger partial charge on any atom is 0.303 e. The number of carboxylic acids is 1. The topological polar surface area (TPSA) is 84.9 Å². The van der Waals surface area contributed by atoms with Crippen LogP contribution < -0.4 is 10.1 Å². The summed E-state index contributed by atoms with van der Waals surface area (Å²) in [6.07, 6.45) is 0.343. The first-order valence-corrected chi connectivity index (χ1v) is 7.25. The van der Waals surface area contributed by atoms with Crippen molar-refractivity contribution >= 4 is 23.5 Å². The fourth-order valence-electron chi connectivity index (χ4n) is 1.75. The Morgan fingerprint density at radius 3 is 2.73 bits per heavy atom. The van der Waals surface area contributed by atoms with Crippen molar-refractivity contribution in [2.45, 2.75) is 25.8 Å². The highest BCUT2D eigenvalue weighted by molar-refractivity contribution is 6.31. The fourth-order valence-corrected chi connectivity index (χ4v) is 1.93. The number of carbonyl (C=O) groups is 2. The highest BCUT2D eigenvalue weighted by Crippen LogP contribution is 2.23. The van der Waals surface area contributed by atoms with Gasteiger partial charge < -0.3 is 19.9 Å². The lowest BCUT2D eigenvalue weighted by atomic mass is 10.1. The second-order valence-electron chi connectivity index (χ2n) is 4.79. The van der Waals surface area contributed by atoms with E-state index in [-0.39, 0.29) is 18.4 Å². The molecule has 0 heterocycles. The molecule has 0 spiro atoms. The van der Waals surface area contributed by atoms with Crippen molar-refractivity contribution in [3.05, 3.63) is 28.8 Å². The maximum absolute atomic E-state index is 12.3. The van der Waals surface area contributed by atoms with Crippen LogP contribution in [0.1, 0.15) is 30.1 Å². The second kappa shape index (κ2) is 9.27. The Hall–Kier alpha value is -1.79. The van der Waals surface area contributed by atoms with Crippen LogP contribution in [0.2, 0.25) is 5.02 Å². The molecule has 7 heteroatoms. The van der Waals surface area contributed by atoms with E-state index in [1.807, 2.05) is 0 Å². The molecule has 1 amide bonds. The van der Waals surface area contributed by atoms with Crippen molar-refractivity contribution in [3.8, 4) is 5.75 Å². The summed E-state index contributed by atoms with van der Waals surface area (Å²) >= 11 is 5.92. The predicted octanol–water partition coefficient (Wildman–Crippen LogP) is 2.35. The van der Waals surface area contributed by atoms with E-state index in [0.29, 0.717) is 36.0 Å². The van der Waals surface area contributed by atoms with Gasteiger partial charge in [-0.2, -0.15) is 0 Å². The van der Waals surface area contributed by atoms with Crippen molar-refractivity contribution in [2.24, 2.45) is 0 Å². The Bertz CT molecular complexity index is 521. The number of hydrogen-bond acceptors (Lipinski definition) is 4. The number of benzene rings is 1. The van der Waals surface area contributed by atoms with Crippen LogP contribution >= 0.6 is 11.6 Å². The van der Waals surface area contributed by atoms with E-state index in [4.69, 9.17) is 26.2 Å². The van der Waals surface area contributed by atoms with Crippen LogP contribution in [0.4, 0.5) is 0 Å². The van der Waals surface area contributed by atoms with Gasteiger partial charge in [0.1, 0.15) is 12.4 Å². The van der Waals surface area contributed by atoms with Gasteiger partial charge in [0.15, 0.2) is 0 Å². The number of amides is 1. The summed E-state index contributed by atoms with van der Waals surface area (Å²) in [7, 11) is 1.56. The molecule has 0 aliphatic rings. The second-order valence-corrected chi connectivity index (χ2v) is 5.23. The summed E-state index contributed by atoms with van der Waals surface area (Å²) in [5.74, 6) is -0.843. The summed E-state index contributed by atoms with van der Waals surface area (Å²) < 4.78 is 10.4. The Kier molecular flexibility index (Phi) is 7.70. The van der Waals surface area contributed by atoms with Gasteiger partial charge in [-0.05, 0) is 31.5 Å². The molecule has 0 aliphatic heterocycles. The van der Waals surface area contributed by atoms with Crippen molar-refractivity contribution in [1.29, 1.82) is 0 Å². The van der Waals surface area contributed by atoms with E-state index >= 15 is 0 Å². The monoisotopic (exact) mass is 329 g/mol. The zero-order chi connectivity index (χ0) is 16.5. The molecule has 1 aromatic rings. The van der Waals surface area contributed by atoms with Gasteiger partial charge in [-0.3, -0.25) is 9.59 Å². The van der Waals surface area contributed by atoms with E-state index in [9.17, 15) is 9.59 Å². The Labute approximate surface area is 134 Å². The zero-order valence-electron chi connectivity index (χ0n) is 12.6. The van der Waals surface area contributed by atoms with Gasteiger partial charge in [-0.1, -0.05) is 11.6 Å². The van der Waals surface area contributed by atoms with Crippen LogP contribution in [0.25, 0.3) is 0 Å². The van der Waals surface area contributed by atoms with Crippen molar-refractivity contribution in [1.82, 2.24) is 5.32 Å². The minimum Gasteiger partial charge on any atom is -0.490 e. The van der Waals surface area contributed by atoms with Crippen LogP contribution in [0, 0.1) is 0 Å². The highest BCUT2D eigenvalue weighted by atomic mass is 35.5. The molecular formula is C15H20ClNO5. The third kappa shape index (κ3) is 6.32. The first-order valence-electron chi connectivity index (χ1n) is 6.88. The summed E-state index contributed by atoms with van der Waals surface area (Å²) in [6.45, 7) is 2.46. The standard InChI is InChI=1S/C15H20ClNO5/c1-10(3-6-14(18)19)17-15(20)12-9-11(16)4-5-13(12)22-8-7-21-2/h4-5,9-10H,3,6-8H2,1-2H3,(H,17,20)(H,18,19). The largest absolute Gasteiger partial charge is 0.490 e. The minimum atomic E-state index is -0.896. The predicted molar refractivity (Wildman–Crippen MR) is 82.6 cm³/mol. The summed E-state index contributed by atoms with van der Waals surface area (Å²) in [4.78, 5) is 22.8. The normalized spacial score (nSPS) is 11.8. The summed E-state index contributed by atoms with van der Waals surface area (Å²) in [5.41, 5.74) is 0.311. The van der Waals surface area contributed by atoms with Crippen molar-refractivity contribution < 1.29 is 24.2 Å². The van der Waals surface area contributed by atoms with Crippen LogP contribution in [0.3, 0.4) is 0 Å². The summed E-state index contributed by atoms with van der Waals surface area (Å²) in [5, 5.41) is 11.8. The molecule has 6 nitrogen and oxygen atoms in total. The van der Waals surface area contributed by atoms with Gasteiger partial charge in [-0.15, -0.1) is 0 Å². The lowest BCUT2D eigenvalue weighted by Crippen LogP contribution is -2.33. The lowest BCUT2D eigenvalue weighted by molar-refractivity contribution is -0.137. The molecule has 0 fully saturated rings. The molecule has 0 aliphatic carbocycles. The van der Waals surface area contributed by atoms with E-state index in [2.05, 4.69) is 5.32 Å². The molecule has 1 aromatic carbocycles. The number of halogens is 1. The number of methoxy groups -OCH3 is 1. The molecule has 122 valence electrons. The molecule has 1 unspecified atom stereocenters. The Morgan fingerprint density at radius 2 is 2.09 bits per heavy atom. The van der Waals surface area contributed by atoms with Gasteiger partial charge in [0.25, 0.3) is 5.91 Å². The average Bonchev–Trinajstić information content (AvgIpc) is 2.46. The van der Waals surface area contributed by atoms with Crippen LogP contribution in [0.15, 0.2) is 18.2 Å². The number of hydrogen-bond donors (Lipinski definition) is 2. The summed E-state index contributed by atoms with van der Waals surface area (Å²) in [6, 6.07) is 4.50. The highest BCUT2D eigenvalue weighted by Gasteiger charge is 2.16. The average molecular weight is 330 g/mol. The van der Waals surface area contributed by atoms with E-state index in [1.165, 1.54) is 6.07 Å². The third-order valence-electron chi connectivity index (χ3n) is 2.90. The maximum atomic E-state index is 12.3. The lowest BCUT2D eigenvalue weighted by Gasteiger charge is -2.15. The minimum absolute atomic E-state index is 0.00577. The molecule has 2 N–H and O–H groups in total. The number of rotatable bonds is 9. The number of ether oxygens (including phenoxy) is 2. The van der Waals surface area contributed by atoms with Crippen LogP contribution in [0.5, 0.6) is 5.75 Å². The first-order chi connectivity index (χ1) is 10.4.